The number of rotatable bonds is 3. The molecule has 20 heavy (non-hydrogen) atoms. The van der Waals surface area contributed by atoms with Crippen LogP contribution in [-0.4, -0.2) is 55.3 Å². The molecule has 0 saturated heterocycles. The van der Waals surface area contributed by atoms with Crippen molar-refractivity contribution >= 4 is 17.5 Å². The number of nitrogens with zero attached hydrogens (tertiary/aromatic N) is 2. The quantitative estimate of drug-likeness (QED) is 0.903. The third-order valence-corrected chi connectivity index (χ3v) is 3.41. The molecule has 0 atom stereocenters. The molecule has 0 bridgehead atoms. The maximum atomic E-state index is 12.6. The molecular formula is C15H21N3O2. The van der Waals surface area contributed by atoms with Gasteiger partial charge in [-0.2, -0.15) is 0 Å². The molecule has 5 heteroatoms. The van der Waals surface area contributed by atoms with Crippen LogP contribution in [0.15, 0.2) is 12.1 Å². The summed E-state index contributed by atoms with van der Waals surface area (Å²) in [6.07, 6.45) is 0. The Morgan fingerprint density at radius 3 is 2.60 bits per heavy atom. The molecule has 1 heterocycles. The molecule has 5 nitrogen and oxygen atoms in total. The van der Waals surface area contributed by atoms with Crippen LogP contribution < -0.4 is 5.32 Å². The molecule has 1 aromatic rings. The Morgan fingerprint density at radius 1 is 1.25 bits per heavy atom. The van der Waals surface area contributed by atoms with Gasteiger partial charge in [-0.05, 0) is 45.1 Å². The van der Waals surface area contributed by atoms with Gasteiger partial charge in [0.05, 0.1) is 11.3 Å². The van der Waals surface area contributed by atoms with E-state index in [4.69, 9.17) is 0 Å². The zero-order valence-corrected chi connectivity index (χ0v) is 12.5. The van der Waals surface area contributed by atoms with Crippen LogP contribution in [0.25, 0.3) is 0 Å². The van der Waals surface area contributed by atoms with E-state index in [1.54, 1.807) is 4.90 Å². The molecule has 0 aliphatic carbocycles. The first-order valence-electron chi connectivity index (χ1n) is 6.73. The molecular weight excluding hydrogens is 254 g/mol. The van der Waals surface area contributed by atoms with Gasteiger partial charge in [0, 0.05) is 13.1 Å². The number of anilines is 1. The summed E-state index contributed by atoms with van der Waals surface area (Å²) in [6.45, 7) is 5.26. The number of aryl methyl sites for hydroxylation is 2. The largest absolute Gasteiger partial charge is 0.328 e. The van der Waals surface area contributed by atoms with E-state index in [2.05, 4.69) is 5.32 Å². The highest BCUT2D eigenvalue weighted by atomic mass is 16.2. The fraction of sp³-hybridized carbons (Fsp3) is 0.467. The summed E-state index contributed by atoms with van der Waals surface area (Å²) in [4.78, 5) is 28.2. The van der Waals surface area contributed by atoms with Gasteiger partial charge in [-0.25, -0.2) is 0 Å². The average Bonchev–Trinajstić information content (AvgIpc) is 2.46. The second-order valence-corrected chi connectivity index (χ2v) is 5.58. The van der Waals surface area contributed by atoms with Gasteiger partial charge in [-0.15, -0.1) is 0 Å². The minimum absolute atomic E-state index is 0.0769. The van der Waals surface area contributed by atoms with E-state index >= 15 is 0 Å². The molecule has 2 amide bonds. The van der Waals surface area contributed by atoms with Gasteiger partial charge in [0.25, 0.3) is 5.91 Å². The van der Waals surface area contributed by atoms with Crippen LogP contribution in [0.3, 0.4) is 0 Å². The number of hydrogen-bond donors (Lipinski definition) is 1. The molecule has 0 spiro atoms. The summed E-state index contributed by atoms with van der Waals surface area (Å²) in [6, 6.07) is 3.82. The molecule has 0 fully saturated rings. The number of fused-ring (bicyclic) bond motifs is 1. The number of likely N-dealkylation sites (N-methyl/N-ethyl adjacent to an activating group) is 1. The first-order valence-corrected chi connectivity index (χ1v) is 6.73. The Balaban J connectivity index is 2.37. The van der Waals surface area contributed by atoms with Gasteiger partial charge >= 0.3 is 0 Å². The lowest BCUT2D eigenvalue weighted by Crippen LogP contribution is -2.39. The van der Waals surface area contributed by atoms with E-state index in [1.165, 1.54) is 0 Å². The molecule has 0 saturated carbocycles. The SMILES string of the molecule is Cc1cc(C)c2c(c1)C(=O)N(CCN(C)C)CC(=O)N2. The highest BCUT2D eigenvalue weighted by Gasteiger charge is 2.27. The molecule has 0 radical (unpaired) electrons. The van der Waals surface area contributed by atoms with E-state index < -0.39 is 0 Å². The first-order chi connectivity index (χ1) is 9.38. The van der Waals surface area contributed by atoms with Gasteiger partial charge < -0.3 is 15.1 Å². The number of amides is 2. The smallest absolute Gasteiger partial charge is 0.256 e. The predicted molar refractivity (Wildman–Crippen MR) is 79.0 cm³/mol. The second-order valence-electron chi connectivity index (χ2n) is 5.58. The van der Waals surface area contributed by atoms with E-state index in [-0.39, 0.29) is 18.4 Å². The van der Waals surface area contributed by atoms with Crippen LogP contribution in [-0.2, 0) is 4.79 Å². The summed E-state index contributed by atoms with van der Waals surface area (Å²) >= 11 is 0. The van der Waals surface area contributed by atoms with Crippen LogP contribution in [0.4, 0.5) is 5.69 Å². The van der Waals surface area contributed by atoms with Crippen LogP contribution in [0, 0.1) is 13.8 Å². The molecule has 0 unspecified atom stereocenters. The number of hydrogen-bond acceptors (Lipinski definition) is 3. The Morgan fingerprint density at radius 2 is 1.95 bits per heavy atom. The number of benzene rings is 1. The summed E-state index contributed by atoms with van der Waals surface area (Å²) in [5.74, 6) is -0.213. The van der Waals surface area contributed by atoms with Crippen molar-refractivity contribution < 1.29 is 9.59 Å². The fourth-order valence-electron chi connectivity index (χ4n) is 2.40. The topological polar surface area (TPSA) is 52.7 Å². The highest BCUT2D eigenvalue weighted by molar-refractivity contribution is 6.09. The maximum absolute atomic E-state index is 12.6. The second kappa shape index (κ2) is 5.63. The van der Waals surface area contributed by atoms with Crippen LogP contribution in [0.5, 0.6) is 0 Å². The Hall–Kier alpha value is -1.88. The number of carbonyl (C=O) groups excluding carboxylic acids is 2. The van der Waals surface area contributed by atoms with Gasteiger partial charge in [-0.3, -0.25) is 9.59 Å². The normalized spacial score (nSPS) is 15.2. The zero-order valence-electron chi connectivity index (χ0n) is 12.5. The van der Waals surface area contributed by atoms with Crippen molar-refractivity contribution in [1.82, 2.24) is 9.80 Å². The lowest BCUT2D eigenvalue weighted by atomic mass is 10.0. The third-order valence-electron chi connectivity index (χ3n) is 3.41. The summed E-state index contributed by atoms with van der Waals surface area (Å²) in [5, 5.41) is 2.85. The lowest BCUT2D eigenvalue weighted by molar-refractivity contribution is -0.116. The van der Waals surface area contributed by atoms with Crippen LogP contribution >= 0.6 is 0 Å². The van der Waals surface area contributed by atoms with Gasteiger partial charge in [-0.1, -0.05) is 6.07 Å². The summed E-state index contributed by atoms with van der Waals surface area (Å²) < 4.78 is 0. The van der Waals surface area contributed by atoms with Crippen molar-refractivity contribution in [1.29, 1.82) is 0 Å². The zero-order chi connectivity index (χ0) is 14.9. The number of carbonyl (C=O) groups is 2. The highest BCUT2D eigenvalue weighted by Crippen LogP contribution is 2.26. The van der Waals surface area contributed by atoms with Gasteiger partial charge in [0.15, 0.2) is 0 Å². The molecule has 1 aliphatic heterocycles. The predicted octanol–water partition coefficient (Wildman–Crippen LogP) is 1.26. The van der Waals surface area contributed by atoms with Crippen molar-refractivity contribution in [3.63, 3.8) is 0 Å². The fourth-order valence-corrected chi connectivity index (χ4v) is 2.40. The maximum Gasteiger partial charge on any atom is 0.256 e. The minimum Gasteiger partial charge on any atom is -0.328 e. The van der Waals surface area contributed by atoms with Crippen molar-refractivity contribution in [3.8, 4) is 0 Å². The van der Waals surface area contributed by atoms with Crippen molar-refractivity contribution in [3.05, 3.63) is 28.8 Å². The average molecular weight is 275 g/mol. The molecule has 1 aromatic carbocycles. The standard InChI is InChI=1S/C15H21N3O2/c1-10-7-11(2)14-12(8-10)15(20)18(6-5-17(3)4)9-13(19)16-14/h7-8H,5-6,9H2,1-4H3,(H,16,19). The van der Waals surface area contributed by atoms with Crippen molar-refractivity contribution in [2.45, 2.75) is 13.8 Å². The van der Waals surface area contributed by atoms with Gasteiger partial charge in [0.1, 0.15) is 6.54 Å². The van der Waals surface area contributed by atoms with E-state index in [0.717, 1.165) is 17.7 Å². The lowest BCUT2D eigenvalue weighted by Gasteiger charge is -2.21. The Kier molecular flexibility index (Phi) is 4.09. The molecule has 108 valence electrons. The minimum atomic E-state index is -0.136. The van der Waals surface area contributed by atoms with Crippen LogP contribution in [0.1, 0.15) is 21.5 Å². The van der Waals surface area contributed by atoms with E-state index in [1.807, 2.05) is 45.0 Å². The monoisotopic (exact) mass is 275 g/mol. The Labute approximate surface area is 119 Å². The first kappa shape index (κ1) is 14.5. The molecule has 2 rings (SSSR count). The molecule has 1 N–H and O–H groups in total. The Bertz CT molecular complexity index is 552. The summed E-state index contributed by atoms with van der Waals surface area (Å²) in [7, 11) is 3.90. The van der Waals surface area contributed by atoms with Crippen molar-refractivity contribution in [2.24, 2.45) is 0 Å². The van der Waals surface area contributed by atoms with Gasteiger partial charge in [0.2, 0.25) is 5.91 Å². The molecule has 1 aliphatic rings. The van der Waals surface area contributed by atoms with E-state index in [9.17, 15) is 9.59 Å². The molecule has 0 aromatic heterocycles. The van der Waals surface area contributed by atoms with Crippen LogP contribution in [0.2, 0.25) is 0 Å². The van der Waals surface area contributed by atoms with Crippen molar-refractivity contribution in [2.75, 3.05) is 39.0 Å². The van der Waals surface area contributed by atoms with E-state index in [0.29, 0.717) is 17.8 Å². The number of nitrogens with one attached hydrogen (secondary N) is 1. The third kappa shape index (κ3) is 2.99. The summed E-state index contributed by atoms with van der Waals surface area (Å²) in [5.41, 5.74) is 3.19.